The minimum Gasteiger partial charge on any atom is -0.481 e. The molecule has 0 fully saturated rings. The van der Waals surface area contributed by atoms with E-state index in [1.54, 1.807) is 0 Å². The second-order valence-corrected chi connectivity index (χ2v) is 6.69. The first-order valence-corrected chi connectivity index (χ1v) is 8.53. The number of nitrogens with zero attached hydrogens (tertiary/aromatic N) is 1. The fourth-order valence-electron chi connectivity index (χ4n) is 0.731. The van der Waals surface area contributed by atoms with E-state index in [4.69, 9.17) is 22.6 Å². The van der Waals surface area contributed by atoms with Crippen LogP contribution in [-0.2, 0) is 14.3 Å². The number of carbonyl (C=O) groups is 2. The van der Waals surface area contributed by atoms with Gasteiger partial charge in [-0.1, -0.05) is 43.9 Å². The molecule has 0 saturated carbocycles. The molecular weight excluding hydrogens is 330 g/mol. The van der Waals surface area contributed by atoms with Crippen molar-refractivity contribution in [3.8, 4) is 6.07 Å². The zero-order valence-electron chi connectivity index (χ0n) is 11.9. The van der Waals surface area contributed by atoms with Crippen LogP contribution < -0.4 is 0 Å². The molecule has 118 valence electrons. The third kappa shape index (κ3) is 21.4. The number of hydrogen-bond donors (Lipinski definition) is 1. The van der Waals surface area contributed by atoms with Crippen LogP contribution in [0.4, 0.5) is 0 Å². The Labute approximate surface area is 139 Å². The van der Waals surface area contributed by atoms with Gasteiger partial charge in [0.25, 0.3) is 0 Å². The van der Waals surface area contributed by atoms with E-state index in [9.17, 15) is 9.59 Å². The lowest BCUT2D eigenvalue weighted by molar-refractivity contribution is -0.138. The molecular formula is C13H19NO4S3. The molecule has 0 rings (SSSR count). The molecule has 0 unspecified atom stereocenters. The minimum atomic E-state index is -0.824. The highest BCUT2D eigenvalue weighted by molar-refractivity contribution is 8.47. The molecule has 0 aromatic heterocycles. The number of rotatable bonds is 8. The van der Waals surface area contributed by atoms with Crippen LogP contribution in [0.5, 0.6) is 0 Å². The van der Waals surface area contributed by atoms with E-state index in [0.29, 0.717) is 21.6 Å². The number of unbranched alkanes of at least 4 members (excludes halogenated alkanes) is 1. The van der Waals surface area contributed by atoms with Gasteiger partial charge in [-0.3, -0.25) is 4.79 Å². The van der Waals surface area contributed by atoms with Crippen molar-refractivity contribution in [2.45, 2.75) is 26.2 Å². The number of ether oxygens (including phenoxy) is 1. The molecule has 0 aromatic carbocycles. The number of carbonyl (C=O) groups excluding carboxylic acids is 1. The Hall–Kier alpha value is -1.04. The van der Waals surface area contributed by atoms with Crippen molar-refractivity contribution in [2.24, 2.45) is 0 Å². The Morgan fingerprint density at radius 2 is 2.14 bits per heavy atom. The molecule has 0 atom stereocenters. The lowest BCUT2D eigenvalue weighted by Gasteiger charge is -1.97. The largest absolute Gasteiger partial charge is 0.481 e. The van der Waals surface area contributed by atoms with Crippen molar-refractivity contribution in [1.82, 2.24) is 0 Å². The van der Waals surface area contributed by atoms with Gasteiger partial charge in [0.05, 0.1) is 24.8 Å². The fourth-order valence-corrected chi connectivity index (χ4v) is 2.54. The van der Waals surface area contributed by atoms with Gasteiger partial charge in [-0.05, 0) is 6.42 Å². The average Bonchev–Trinajstić information content (AvgIpc) is 2.45. The van der Waals surface area contributed by atoms with Gasteiger partial charge in [0.15, 0.2) is 0 Å². The van der Waals surface area contributed by atoms with Crippen LogP contribution in [0.25, 0.3) is 0 Å². The molecule has 0 aliphatic carbocycles. The smallest absolute Gasteiger partial charge is 0.330 e. The van der Waals surface area contributed by atoms with Crippen molar-refractivity contribution in [1.29, 1.82) is 5.26 Å². The SMILES string of the molecule is C=CC(=O)OCCCC.N#CCSC(=S)SCCC(=O)O. The number of esters is 1. The molecule has 0 bridgehead atoms. The predicted octanol–water partition coefficient (Wildman–Crippen LogP) is 3.25. The minimum absolute atomic E-state index is 0.109. The normalized spacial score (nSPS) is 8.76. The number of thiocarbonyl (C=S) groups is 1. The van der Waals surface area contributed by atoms with E-state index in [2.05, 4.69) is 11.3 Å². The summed E-state index contributed by atoms with van der Waals surface area (Å²) in [5.41, 5.74) is 0. The Balaban J connectivity index is 0. The molecule has 1 N–H and O–H groups in total. The standard InChI is InChI=1S/C7H12O2.C6H7NO2S3/c1-3-5-6-9-7(8)4-2;7-2-4-12-6(10)11-3-1-5(8)9/h4H,2-3,5-6H2,1H3;1,3-4H2,(H,8,9). The van der Waals surface area contributed by atoms with Crippen molar-refractivity contribution in [3.63, 3.8) is 0 Å². The quantitative estimate of drug-likeness (QED) is 0.309. The Kier molecular flexibility index (Phi) is 18.0. The van der Waals surface area contributed by atoms with Crippen molar-refractivity contribution < 1.29 is 19.4 Å². The predicted molar refractivity (Wildman–Crippen MR) is 91.4 cm³/mol. The number of nitriles is 1. The van der Waals surface area contributed by atoms with E-state index in [0.717, 1.165) is 12.8 Å². The topological polar surface area (TPSA) is 87.4 Å². The van der Waals surface area contributed by atoms with Gasteiger partial charge in [-0.25, -0.2) is 4.79 Å². The maximum absolute atomic E-state index is 10.3. The van der Waals surface area contributed by atoms with E-state index >= 15 is 0 Å². The van der Waals surface area contributed by atoms with Crippen LogP contribution in [0.2, 0.25) is 0 Å². The highest BCUT2D eigenvalue weighted by Gasteiger charge is 2.01. The first-order valence-electron chi connectivity index (χ1n) is 6.15. The first kappa shape index (κ1) is 22.2. The summed E-state index contributed by atoms with van der Waals surface area (Å²) >= 11 is 7.43. The van der Waals surface area contributed by atoms with E-state index in [1.807, 2.05) is 13.0 Å². The highest BCUT2D eigenvalue weighted by atomic mass is 32.2. The van der Waals surface area contributed by atoms with Crippen LogP contribution in [0, 0.1) is 11.3 Å². The summed E-state index contributed by atoms with van der Waals surface area (Å²) in [5, 5.41) is 16.5. The van der Waals surface area contributed by atoms with Crippen LogP contribution in [0.1, 0.15) is 26.2 Å². The molecule has 0 heterocycles. The maximum Gasteiger partial charge on any atom is 0.330 e. The zero-order chi connectivity index (χ0) is 16.5. The Bertz CT molecular complexity index is 380. The number of carboxylic acids is 1. The molecule has 0 radical (unpaired) electrons. The van der Waals surface area contributed by atoms with Gasteiger partial charge < -0.3 is 9.84 Å². The number of aliphatic carboxylic acids is 1. The molecule has 5 nitrogen and oxygen atoms in total. The van der Waals surface area contributed by atoms with Gasteiger partial charge in [0.2, 0.25) is 0 Å². The molecule has 21 heavy (non-hydrogen) atoms. The number of thioether (sulfide) groups is 2. The number of carboxylic acid groups (broad SMARTS) is 1. The lowest BCUT2D eigenvalue weighted by atomic mass is 10.4. The van der Waals surface area contributed by atoms with E-state index in [1.165, 1.54) is 29.6 Å². The summed E-state index contributed by atoms with van der Waals surface area (Å²) in [4.78, 5) is 20.4. The average molecular weight is 349 g/mol. The fraction of sp³-hybridized carbons (Fsp3) is 0.538. The van der Waals surface area contributed by atoms with Crippen LogP contribution in [0.3, 0.4) is 0 Å². The summed E-state index contributed by atoms with van der Waals surface area (Å²) < 4.78 is 5.31. The summed E-state index contributed by atoms with van der Waals surface area (Å²) in [6.45, 7) is 5.82. The van der Waals surface area contributed by atoms with Gasteiger partial charge in [0.1, 0.15) is 3.53 Å². The Morgan fingerprint density at radius 1 is 1.48 bits per heavy atom. The Morgan fingerprint density at radius 3 is 2.62 bits per heavy atom. The molecule has 0 aromatic rings. The van der Waals surface area contributed by atoms with Crippen molar-refractivity contribution >= 4 is 51.2 Å². The van der Waals surface area contributed by atoms with Crippen molar-refractivity contribution in [2.75, 3.05) is 18.1 Å². The van der Waals surface area contributed by atoms with Gasteiger partial charge >= 0.3 is 11.9 Å². The van der Waals surface area contributed by atoms with Gasteiger partial charge in [0, 0.05) is 11.8 Å². The molecule has 8 heteroatoms. The summed E-state index contributed by atoms with van der Waals surface area (Å²) in [6.07, 6.45) is 3.26. The first-order chi connectivity index (χ1) is 9.97. The second kappa shape index (κ2) is 17.0. The summed E-state index contributed by atoms with van der Waals surface area (Å²) in [6, 6.07) is 1.94. The van der Waals surface area contributed by atoms with Gasteiger partial charge in [-0.2, -0.15) is 5.26 Å². The van der Waals surface area contributed by atoms with Crippen LogP contribution in [0.15, 0.2) is 12.7 Å². The lowest BCUT2D eigenvalue weighted by Crippen LogP contribution is -2.00. The van der Waals surface area contributed by atoms with E-state index < -0.39 is 5.97 Å². The molecule has 0 spiro atoms. The van der Waals surface area contributed by atoms with Crippen LogP contribution in [-0.4, -0.2) is 38.7 Å². The highest BCUT2D eigenvalue weighted by Crippen LogP contribution is 2.17. The van der Waals surface area contributed by atoms with Crippen LogP contribution >= 0.6 is 35.7 Å². The zero-order valence-corrected chi connectivity index (χ0v) is 14.3. The molecule has 0 amide bonds. The van der Waals surface area contributed by atoms with E-state index in [-0.39, 0.29) is 12.4 Å². The summed E-state index contributed by atoms with van der Waals surface area (Å²) in [7, 11) is 0. The third-order valence-corrected chi connectivity index (χ3v) is 4.27. The molecule has 0 saturated heterocycles. The third-order valence-electron chi connectivity index (χ3n) is 1.70. The number of hydrogen-bond acceptors (Lipinski definition) is 7. The monoisotopic (exact) mass is 349 g/mol. The summed E-state index contributed by atoms with van der Waals surface area (Å²) in [5.74, 6) is -0.343. The maximum atomic E-state index is 10.3. The molecule has 0 aliphatic rings. The second-order valence-electron chi connectivity index (χ2n) is 3.41. The van der Waals surface area contributed by atoms with Gasteiger partial charge in [-0.15, -0.1) is 11.8 Å². The molecule has 0 aliphatic heterocycles. The van der Waals surface area contributed by atoms with Crippen molar-refractivity contribution in [3.05, 3.63) is 12.7 Å².